The smallest absolute Gasteiger partial charge is 0.316 e. The summed E-state index contributed by atoms with van der Waals surface area (Å²) in [4.78, 5) is 12.9. The zero-order chi connectivity index (χ0) is 15.3. The summed E-state index contributed by atoms with van der Waals surface area (Å²) in [6.07, 6.45) is 0. The first-order chi connectivity index (χ1) is 9.32. The highest BCUT2D eigenvalue weighted by molar-refractivity contribution is 5.73. The number of benzene rings is 1. The third-order valence-electron chi connectivity index (χ3n) is 3.61. The van der Waals surface area contributed by atoms with Crippen LogP contribution in [0.25, 0.3) is 0 Å². The van der Waals surface area contributed by atoms with Crippen LogP contribution in [0.1, 0.15) is 35.2 Å². The molecule has 2 N–H and O–H groups in total. The van der Waals surface area contributed by atoms with Crippen LogP contribution in [0.15, 0.2) is 12.1 Å². The molecule has 0 fully saturated rings. The van der Waals surface area contributed by atoms with E-state index in [1.165, 1.54) is 27.2 Å². The van der Waals surface area contributed by atoms with Gasteiger partial charge in [-0.05, 0) is 49.9 Å². The predicted octanol–water partition coefficient (Wildman–Crippen LogP) is 2.53. The van der Waals surface area contributed by atoms with Gasteiger partial charge in [-0.1, -0.05) is 12.1 Å². The molecule has 0 heterocycles. The molecular weight excluding hydrogens is 250 g/mol. The van der Waals surface area contributed by atoms with Crippen LogP contribution in [0, 0.1) is 20.8 Å². The molecule has 0 saturated carbocycles. The number of rotatable bonds is 5. The summed E-state index contributed by atoms with van der Waals surface area (Å²) in [5, 5.41) is 6.30. The molecule has 0 bridgehead atoms. The minimum Gasteiger partial charge on any atom is -0.337 e. The summed E-state index contributed by atoms with van der Waals surface area (Å²) in [6.45, 7) is 9.97. The van der Waals surface area contributed by atoms with Crippen LogP contribution in [0.5, 0.6) is 0 Å². The number of carbonyl (C=O) groups excluding carboxylic acids is 1. The van der Waals surface area contributed by atoms with Gasteiger partial charge in [-0.3, -0.25) is 0 Å². The first kappa shape index (κ1) is 16.5. The maximum absolute atomic E-state index is 11.4. The predicted molar refractivity (Wildman–Crippen MR) is 84.2 cm³/mol. The Hall–Kier alpha value is -1.55. The fraction of sp³-hybridized carbons (Fsp3) is 0.562. The number of hydrogen-bond acceptors (Lipinski definition) is 2. The largest absolute Gasteiger partial charge is 0.337 e. The summed E-state index contributed by atoms with van der Waals surface area (Å²) in [5.41, 5.74) is 5.29. The molecule has 0 radical (unpaired) electrons. The van der Waals surface area contributed by atoms with Gasteiger partial charge in [0, 0.05) is 33.2 Å². The zero-order valence-electron chi connectivity index (χ0n) is 13.5. The number of carbonyl (C=O) groups is 1. The van der Waals surface area contributed by atoms with E-state index in [1.807, 2.05) is 0 Å². The molecule has 1 aromatic rings. The Labute approximate surface area is 122 Å². The summed E-state index contributed by atoms with van der Waals surface area (Å²) in [5.74, 6) is 0. The average molecular weight is 277 g/mol. The van der Waals surface area contributed by atoms with Crippen molar-refractivity contribution in [1.29, 1.82) is 0 Å². The van der Waals surface area contributed by atoms with Crippen molar-refractivity contribution in [3.8, 4) is 0 Å². The molecule has 4 heteroatoms. The van der Waals surface area contributed by atoms with Gasteiger partial charge in [0.2, 0.25) is 0 Å². The lowest BCUT2D eigenvalue weighted by Gasteiger charge is -2.19. The fourth-order valence-electron chi connectivity index (χ4n) is 2.18. The number of nitrogens with one attached hydrogen (secondary N) is 2. The Morgan fingerprint density at radius 1 is 1.10 bits per heavy atom. The van der Waals surface area contributed by atoms with Crippen LogP contribution >= 0.6 is 0 Å². The van der Waals surface area contributed by atoms with Crippen LogP contribution in [0.4, 0.5) is 4.79 Å². The van der Waals surface area contributed by atoms with Crippen LogP contribution in [-0.4, -0.2) is 38.1 Å². The van der Waals surface area contributed by atoms with Gasteiger partial charge in [-0.2, -0.15) is 0 Å². The molecule has 0 aliphatic heterocycles. The van der Waals surface area contributed by atoms with Crippen molar-refractivity contribution in [2.24, 2.45) is 0 Å². The van der Waals surface area contributed by atoms with Crippen molar-refractivity contribution in [3.05, 3.63) is 34.4 Å². The minimum atomic E-state index is -0.0539. The molecule has 2 amide bonds. The maximum atomic E-state index is 11.4. The van der Waals surface area contributed by atoms with E-state index in [0.717, 1.165) is 6.54 Å². The third-order valence-corrected chi connectivity index (χ3v) is 3.61. The van der Waals surface area contributed by atoms with Crippen LogP contribution in [-0.2, 0) is 0 Å². The number of urea groups is 1. The first-order valence-corrected chi connectivity index (χ1v) is 7.09. The van der Waals surface area contributed by atoms with E-state index < -0.39 is 0 Å². The van der Waals surface area contributed by atoms with E-state index in [2.05, 4.69) is 50.5 Å². The molecule has 0 aromatic heterocycles. The SMILES string of the molecule is Cc1cc(C)c(C(C)NCCNC(=O)N(C)C)cc1C. The van der Waals surface area contributed by atoms with Gasteiger partial charge in [0.1, 0.15) is 0 Å². The van der Waals surface area contributed by atoms with E-state index in [1.54, 1.807) is 14.1 Å². The molecule has 0 spiro atoms. The summed E-state index contributed by atoms with van der Waals surface area (Å²) < 4.78 is 0. The monoisotopic (exact) mass is 277 g/mol. The molecule has 4 nitrogen and oxygen atoms in total. The van der Waals surface area contributed by atoms with Gasteiger partial charge in [0.25, 0.3) is 0 Å². The molecule has 1 aromatic carbocycles. The molecule has 1 atom stereocenters. The Kier molecular flexibility index (Phi) is 6.02. The molecule has 1 rings (SSSR count). The molecule has 20 heavy (non-hydrogen) atoms. The van der Waals surface area contributed by atoms with E-state index in [0.29, 0.717) is 6.54 Å². The van der Waals surface area contributed by atoms with Gasteiger partial charge in [-0.25, -0.2) is 4.79 Å². The van der Waals surface area contributed by atoms with E-state index >= 15 is 0 Å². The number of hydrogen-bond donors (Lipinski definition) is 2. The molecule has 0 saturated heterocycles. The van der Waals surface area contributed by atoms with Gasteiger partial charge >= 0.3 is 6.03 Å². The van der Waals surface area contributed by atoms with Gasteiger partial charge < -0.3 is 15.5 Å². The summed E-state index contributed by atoms with van der Waals surface area (Å²) in [7, 11) is 3.48. The Bertz CT molecular complexity index is 469. The van der Waals surface area contributed by atoms with Crippen molar-refractivity contribution in [1.82, 2.24) is 15.5 Å². The Morgan fingerprint density at radius 2 is 1.70 bits per heavy atom. The van der Waals surface area contributed by atoms with Gasteiger partial charge in [0.05, 0.1) is 0 Å². The quantitative estimate of drug-likeness (QED) is 0.812. The second kappa shape index (κ2) is 7.29. The minimum absolute atomic E-state index is 0.0539. The topological polar surface area (TPSA) is 44.4 Å². The summed E-state index contributed by atoms with van der Waals surface area (Å²) in [6, 6.07) is 4.71. The first-order valence-electron chi connectivity index (χ1n) is 7.09. The normalized spacial score (nSPS) is 12.1. The van der Waals surface area contributed by atoms with Crippen molar-refractivity contribution < 1.29 is 4.79 Å². The van der Waals surface area contributed by atoms with Crippen molar-refractivity contribution in [3.63, 3.8) is 0 Å². The summed E-state index contributed by atoms with van der Waals surface area (Å²) >= 11 is 0. The average Bonchev–Trinajstić information content (AvgIpc) is 2.38. The second-order valence-corrected chi connectivity index (χ2v) is 5.60. The molecule has 112 valence electrons. The Morgan fingerprint density at radius 3 is 2.30 bits per heavy atom. The molecule has 1 unspecified atom stereocenters. The van der Waals surface area contributed by atoms with E-state index in [4.69, 9.17) is 0 Å². The van der Waals surface area contributed by atoms with Crippen molar-refractivity contribution in [2.45, 2.75) is 33.7 Å². The molecule has 0 aliphatic rings. The van der Waals surface area contributed by atoms with Crippen LogP contribution < -0.4 is 10.6 Å². The zero-order valence-corrected chi connectivity index (χ0v) is 13.5. The number of aryl methyl sites for hydroxylation is 3. The van der Waals surface area contributed by atoms with Crippen LogP contribution in [0.2, 0.25) is 0 Å². The molecular formula is C16H27N3O. The number of nitrogens with zero attached hydrogens (tertiary/aromatic N) is 1. The fourth-order valence-corrected chi connectivity index (χ4v) is 2.18. The molecule has 0 aliphatic carbocycles. The third kappa shape index (κ3) is 4.53. The highest BCUT2D eigenvalue weighted by Gasteiger charge is 2.09. The number of amides is 2. The lowest BCUT2D eigenvalue weighted by molar-refractivity contribution is 0.217. The second-order valence-electron chi connectivity index (χ2n) is 5.60. The lowest BCUT2D eigenvalue weighted by Crippen LogP contribution is -2.38. The Balaban J connectivity index is 2.49. The van der Waals surface area contributed by atoms with Gasteiger partial charge in [-0.15, -0.1) is 0 Å². The van der Waals surface area contributed by atoms with Crippen LogP contribution in [0.3, 0.4) is 0 Å². The van der Waals surface area contributed by atoms with E-state index in [-0.39, 0.29) is 12.1 Å². The lowest BCUT2D eigenvalue weighted by atomic mass is 9.96. The maximum Gasteiger partial charge on any atom is 0.316 e. The highest BCUT2D eigenvalue weighted by Crippen LogP contribution is 2.21. The van der Waals surface area contributed by atoms with Crippen molar-refractivity contribution in [2.75, 3.05) is 27.2 Å². The highest BCUT2D eigenvalue weighted by atomic mass is 16.2. The van der Waals surface area contributed by atoms with Crippen molar-refractivity contribution >= 4 is 6.03 Å². The van der Waals surface area contributed by atoms with Gasteiger partial charge in [0.15, 0.2) is 0 Å². The standard InChI is InChI=1S/C16H27N3O/c1-11-9-13(3)15(10-12(11)2)14(4)17-7-8-18-16(20)19(5)6/h9-10,14,17H,7-8H2,1-6H3,(H,18,20). The van der Waals surface area contributed by atoms with E-state index in [9.17, 15) is 4.79 Å².